The van der Waals surface area contributed by atoms with E-state index in [2.05, 4.69) is 48.1 Å². The maximum Gasteiger partial charge on any atom is 0.260 e. The first-order valence-corrected chi connectivity index (χ1v) is 9.49. The number of halogens is 1. The summed E-state index contributed by atoms with van der Waals surface area (Å²) in [6, 6.07) is 15.4. The van der Waals surface area contributed by atoms with Crippen molar-refractivity contribution in [2.75, 3.05) is 13.2 Å². The maximum atomic E-state index is 12.2. The Morgan fingerprint density at radius 1 is 1.12 bits per heavy atom. The number of hydrogen-bond donors (Lipinski definition) is 1. The Morgan fingerprint density at radius 2 is 1.77 bits per heavy atom. The number of rotatable bonds is 7. The summed E-state index contributed by atoms with van der Waals surface area (Å²) in [5.74, 6) is 1.35. The van der Waals surface area contributed by atoms with Gasteiger partial charge in [-0.2, -0.15) is 0 Å². The molecule has 0 aliphatic heterocycles. The van der Waals surface area contributed by atoms with Gasteiger partial charge in [0, 0.05) is 4.47 Å². The van der Waals surface area contributed by atoms with Gasteiger partial charge in [-0.05, 0) is 48.2 Å². The average molecular weight is 420 g/mol. The summed E-state index contributed by atoms with van der Waals surface area (Å²) >= 11 is 3.37. The van der Waals surface area contributed by atoms with Crippen molar-refractivity contribution in [3.63, 3.8) is 0 Å². The molecule has 4 nitrogen and oxygen atoms in total. The molecule has 1 amide bonds. The molecule has 1 atom stereocenters. The Bertz CT molecular complexity index is 723. The lowest BCUT2D eigenvalue weighted by Gasteiger charge is -2.22. The van der Waals surface area contributed by atoms with Crippen LogP contribution in [-0.4, -0.2) is 25.2 Å². The predicted molar refractivity (Wildman–Crippen MR) is 108 cm³/mol. The molecule has 26 heavy (non-hydrogen) atoms. The number of amides is 1. The summed E-state index contributed by atoms with van der Waals surface area (Å²) in [5, 5.41) is 2.84. The minimum absolute atomic E-state index is 0.00682. The molecular weight excluding hydrogens is 394 g/mol. The third-order valence-corrected chi connectivity index (χ3v) is 4.38. The summed E-state index contributed by atoms with van der Waals surface area (Å²) < 4.78 is 12.5. The largest absolute Gasteiger partial charge is 0.491 e. The smallest absolute Gasteiger partial charge is 0.260 e. The lowest BCUT2D eigenvalue weighted by molar-refractivity contribution is -0.127. The van der Waals surface area contributed by atoms with Crippen LogP contribution in [0.15, 0.2) is 53.0 Å². The number of benzene rings is 2. The van der Waals surface area contributed by atoms with E-state index in [1.165, 1.54) is 0 Å². The standard InChI is InChI=1S/C21H26BrNO3/c1-15(26-17-11-9-16(22)10-12-17)20(24)23-13-14-25-19-8-6-5-7-18(19)21(2,3)4/h5-12,15H,13-14H2,1-4H3,(H,23,24). The molecule has 0 aliphatic carbocycles. The Kier molecular flexibility index (Phi) is 7.09. The second-order valence-electron chi connectivity index (χ2n) is 7.10. The third-order valence-electron chi connectivity index (χ3n) is 3.85. The lowest BCUT2D eigenvalue weighted by Crippen LogP contribution is -2.38. The molecule has 2 rings (SSSR count). The van der Waals surface area contributed by atoms with E-state index in [-0.39, 0.29) is 11.3 Å². The third kappa shape index (κ3) is 6.06. The van der Waals surface area contributed by atoms with E-state index in [9.17, 15) is 4.79 Å². The first-order valence-electron chi connectivity index (χ1n) is 8.69. The number of carbonyl (C=O) groups is 1. The van der Waals surface area contributed by atoms with Crippen LogP contribution in [0.3, 0.4) is 0 Å². The molecule has 0 spiro atoms. The number of ether oxygens (including phenoxy) is 2. The molecule has 1 unspecified atom stereocenters. The number of nitrogens with one attached hydrogen (secondary N) is 1. The van der Waals surface area contributed by atoms with E-state index in [0.29, 0.717) is 18.9 Å². The molecule has 0 saturated carbocycles. The topological polar surface area (TPSA) is 47.6 Å². The van der Waals surface area contributed by atoms with Crippen LogP contribution < -0.4 is 14.8 Å². The van der Waals surface area contributed by atoms with Gasteiger partial charge in [-0.25, -0.2) is 0 Å². The molecular formula is C21H26BrNO3. The summed E-state index contributed by atoms with van der Waals surface area (Å²) in [7, 11) is 0. The fourth-order valence-electron chi connectivity index (χ4n) is 2.46. The van der Waals surface area contributed by atoms with E-state index < -0.39 is 6.10 Å². The second-order valence-corrected chi connectivity index (χ2v) is 8.02. The van der Waals surface area contributed by atoms with E-state index in [1.807, 2.05) is 42.5 Å². The maximum absolute atomic E-state index is 12.2. The minimum atomic E-state index is -0.571. The van der Waals surface area contributed by atoms with E-state index in [0.717, 1.165) is 15.8 Å². The zero-order valence-corrected chi connectivity index (χ0v) is 17.3. The van der Waals surface area contributed by atoms with Gasteiger partial charge in [-0.1, -0.05) is 54.9 Å². The first-order chi connectivity index (χ1) is 12.3. The number of hydrogen-bond acceptors (Lipinski definition) is 3. The predicted octanol–water partition coefficient (Wildman–Crippen LogP) is 4.71. The molecule has 2 aromatic carbocycles. The van der Waals surface area contributed by atoms with Gasteiger partial charge in [0.05, 0.1) is 6.54 Å². The van der Waals surface area contributed by atoms with E-state index in [4.69, 9.17) is 9.47 Å². The highest BCUT2D eigenvalue weighted by atomic mass is 79.9. The Labute approximate surface area is 164 Å². The molecule has 1 N–H and O–H groups in total. The highest BCUT2D eigenvalue weighted by molar-refractivity contribution is 9.10. The lowest BCUT2D eigenvalue weighted by atomic mass is 9.86. The van der Waals surface area contributed by atoms with Crippen LogP contribution in [0.5, 0.6) is 11.5 Å². The Balaban J connectivity index is 1.79. The van der Waals surface area contributed by atoms with Crippen molar-refractivity contribution < 1.29 is 14.3 Å². The van der Waals surface area contributed by atoms with Crippen LogP contribution >= 0.6 is 15.9 Å². The highest BCUT2D eigenvalue weighted by Crippen LogP contribution is 2.30. The van der Waals surface area contributed by atoms with Crippen LogP contribution in [0.2, 0.25) is 0 Å². The molecule has 0 saturated heterocycles. The van der Waals surface area contributed by atoms with E-state index >= 15 is 0 Å². The molecule has 2 aromatic rings. The van der Waals surface area contributed by atoms with Crippen LogP contribution in [0.4, 0.5) is 0 Å². The van der Waals surface area contributed by atoms with Crippen molar-refractivity contribution in [3.05, 3.63) is 58.6 Å². The quantitative estimate of drug-likeness (QED) is 0.660. The van der Waals surface area contributed by atoms with Gasteiger partial charge in [0.15, 0.2) is 6.10 Å². The van der Waals surface area contributed by atoms with Gasteiger partial charge in [-0.15, -0.1) is 0 Å². The molecule has 0 fully saturated rings. The molecule has 0 bridgehead atoms. The zero-order valence-electron chi connectivity index (χ0n) is 15.7. The van der Waals surface area contributed by atoms with Gasteiger partial charge >= 0.3 is 0 Å². The average Bonchev–Trinajstić information content (AvgIpc) is 2.60. The van der Waals surface area contributed by atoms with Gasteiger partial charge < -0.3 is 14.8 Å². The molecule has 0 heterocycles. The van der Waals surface area contributed by atoms with Crippen molar-refractivity contribution in [2.45, 2.75) is 39.2 Å². The van der Waals surface area contributed by atoms with Gasteiger partial charge in [0.2, 0.25) is 0 Å². The van der Waals surface area contributed by atoms with Crippen molar-refractivity contribution >= 4 is 21.8 Å². The Morgan fingerprint density at radius 3 is 2.42 bits per heavy atom. The first kappa shape index (κ1) is 20.3. The normalized spacial score (nSPS) is 12.3. The minimum Gasteiger partial charge on any atom is -0.491 e. The summed E-state index contributed by atoms with van der Waals surface area (Å²) in [6.07, 6.45) is -0.571. The van der Waals surface area contributed by atoms with Crippen LogP contribution in [-0.2, 0) is 10.2 Å². The molecule has 5 heteroatoms. The number of para-hydroxylation sites is 1. The summed E-state index contributed by atoms with van der Waals surface area (Å²) in [6.45, 7) is 9.01. The summed E-state index contributed by atoms with van der Waals surface area (Å²) in [5.41, 5.74) is 1.16. The zero-order chi connectivity index (χ0) is 19.2. The monoisotopic (exact) mass is 419 g/mol. The van der Waals surface area contributed by atoms with Crippen LogP contribution in [0, 0.1) is 0 Å². The van der Waals surface area contributed by atoms with Crippen molar-refractivity contribution in [1.29, 1.82) is 0 Å². The van der Waals surface area contributed by atoms with E-state index in [1.54, 1.807) is 6.92 Å². The van der Waals surface area contributed by atoms with Gasteiger partial charge in [-0.3, -0.25) is 4.79 Å². The van der Waals surface area contributed by atoms with Crippen LogP contribution in [0.25, 0.3) is 0 Å². The molecule has 0 aromatic heterocycles. The van der Waals surface area contributed by atoms with Crippen molar-refractivity contribution in [2.24, 2.45) is 0 Å². The highest BCUT2D eigenvalue weighted by Gasteiger charge is 2.18. The summed E-state index contributed by atoms with van der Waals surface area (Å²) in [4.78, 5) is 12.2. The fraction of sp³-hybridized carbons (Fsp3) is 0.381. The molecule has 0 radical (unpaired) electrons. The second kappa shape index (κ2) is 9.08. The van der Waals surface area contributed by atoms with Gasteiger partial charge in [0.1, 0.15) is 18.1 Å². The molecule has 140 valence electrons. The molecule has 0 aliphatic rings. The fourth-order valence-corrected chi connectivity index (χ4v) is 2.73. The van der Waals surface area contributed by atoms with Crippen molar-refractivity contribution in [1.82, 2.24) is 5.32 Å². The Hall–Kier alpha value is -2.01. The van der Waals surface area contributed by atoms with Crippen molar-refractivity contribution in [3.8, 4) is 11.5 Å². The SMILES string of the molecule is CC(Oc1ccc(Br)cc1)C(=O)NCCOc1ccccc1C(C)(C)C. The van der Waals surface area contributed by atoms with Crippen LogP contribution in [0.1, 0.15) is 33.3 Å². The van der Waals surface area contributed by atoms with Gasteiger partial charge in [0.25, 0.3) is 5.91 Å². The number of carbonyl (C=O) groups excluding carboxylic acids is 1.